The van der Waals surface area contributed by atoms with E-state index in [0.29, 0.717) is 0 Å². The summed E-state index contributed by atoms with van der Waals surface area (Å²) < 4.78 is 1.54. The number of hydrogen-bond acceptors (Lipinski definition) is 5. The minimum Gasteiger partial charge on any atom is -0.368 e. The van der Waals surface area contributed by atoms with Gasteiger partial charge in [0.1, 0.15) is 11.9 Å². The summed E-state index contributed by atoms with van der Waals surface area (Å²) in [6, 6.07) is 7.61. The molecule has 0 bridgehead atoms. The van der Waals surface area contributed by atoms with E-state index in [1.165, 1.54) is 11.0 Å². The zero-order chi connectivity index (χ0) is 15.5. The van der Waals surface area contributed by atoms with Gasteiger partial charge in [0.2, 0.25) is 5.91 Å². The molecule has 0 spiro atoms. The fraction of sp³-hybridized carbons (Fsp3) is 0.429. The summed E-state index contributed by atoms with van der Waals surface area (Å²) in [6.45, 7) is 5.86. The number of nitrogens with one attached hydrogen (secondary N) is 1. The molecular weight excluding hydrogens is 268 g/mol. The van der Waals surface area contributed by atoms with E-state index in [4.69, 9.17) is 5.73 Å². The second kappa shape index (κ2) is 6.01. The van der Waals surface area contributed by atoms with Gasteiger partial charge in [0.15, 0.2) is 0 Å². The Balaban J connectivity index is 2.41. The Labute approximate surface area is 123 Å². The molecule has 2 rings (SSSR count). The molecule has 1 aromatic heterocycles. The Kier molecular flexibility index (Phi) is 4.32. The Bertz CT molecular complexity index is 612. The van der Waals surface area contributed by atoms with Crippen LogP contribution in [0.3, 0.4) is 0 Å². The quantitative estimate of drug-likeness (QED) is 0.817. The number of carbonyl (C=O) groups is 1. The van der Waals surface area contributed by atoms with Gasteiger partial charge in [-0.2, -0.15) is 0 Å². The molecular formula is C14H20N6O. The fourth-order valence-electron chi connectivity index (χ4n) is 2.13. The van der Waals surface area contributed by atoms with E-state index >= 15 is 0 Å². The van der Waals surface area contributed by atoms with Crippen molar-refractivity contribution in [2.45, 2.75) is 38.8 Å². The monoisotopic (exact) mass is 288 g/mol. The van der Waals surface area contributed by atoms with Gasteiger partial charge in [-0.25, -0.2) is 4.68 Å². The van der Waals surface area contributed by atoms with E-state index in [-0.39, 0.29) is 6.04 Å². The number of nitrogens with two attached hydrogens (primary N) is 1. The number of benzene rings is 1. The van der Waals surface area contributed by atoms with Gasteiger partial charge in [-0.15, -0.1) is 5.10 Å². The number of primary amides is 1. The number of nitrogens with zero attached hydrogens (tertiary/aromatic N) is 4. The van der Waals surface area contributed by atoms with Gasteiger partial charge in [0.25, 0.3) is 0 Å². The first-order valence-electron chi connectivity index (χ1n) is 6.89. The summed E-state index contributed by atoms with van der Waals surface area (Å²) in [5, 5.41) is 14.4. The average Bonchev–Trinajstić information content (AvgIpc) is 3.01. The zero-order valence-corrected chi connectivity index (χ0v) is 12.4. The number of amides is 1. The van der Waals surface area contributed by atoms with Gasteiger partial charge >= 0.3 is 0 Å². The maximum absolute atomic E-state index is 12.0. The Morgan fingerprint density at radius 3 is 2.86 bits per heavy atom. The van der Waals surface area contributed by atoms with E-state index < -0.39 is 11.4 Å². The highest BCUT2D eigenvalue weighted by Crippen LogP contribution is 2.23. The molecule has 1 amide bonds. The summed E-state index contributed by atoms with van der Waals surface area (Å²) in [6.07, 6.45) is 2.40. The van der Waals surface area contributed by atoms with Crippen LogP contribution in [-0.2, 0) is 10.3 Å². The van der Waals surface area contributed by atoms with E-state index in [9.17, 15) is 4.79 Å². The number of aromatic nitrogens is 4. The van der Waals surface area contributed by atoms with E-state index in [2.05, 4.69) is 27.8 Å². The van der Waals surface area contributed by atoms with Crippen LogP contribution in [0.2, 0.25) is 0 Å². The predicted molar refractivity (Wildman–Crippen MR) is 78.6 cm³/mol. The summed E-state index contributed by atoms with van der Waals surface area (Å²) in [4.78, 5) is 12.0. The van der Waals surface area contributed by atoms with Crippen molar-refractivity contribution in [1.82, 2.24) is 25.5 Å². The first kappa shape index (κ1) is 15.1. The molecule has 0 radical (unpaired) electrons. The standard InChI is InChI=1S/C14H20N6O/c1-4-10(2)17-14(3,13(15)21)11-6-5-7-12(8-11)20-9-16-18-19-20/h5-10,17H,4H2,1-3H3,(H2,15,21). The minimum atomic E-state index is -0.945. The molecule has 0 aliphatic rings. The molecule has 112 valence electrons. The SMILES string of the molecule is CCC(C)NC(C)(C(N)=O)c1cccc(-n2cnnn2)c1. The van der Waals surface area contributed by atoms with E-state index in [0.717, 1.165) is 17.7 Å². The van der Waals surface area contributed by atoms with Crippen LogP contribution >= 0.6 is 0 Å². The second-order valence-electron chi connectivity index (χ2n) is 5.25. The van der Waals surface area contributed by atoms with Crippen LogP contribution in [0.1, 0.15) is 32.8 Å². The summed E-state index contributed by atoms with van der Waals surface area (Å²) in [5.41, 5.74) is 6.24. The molecule has 0 aliphatic carbocycles. The highest BCUT2D eigenvalue weighted by Gasteiger charge is 2.34. The molecule has 0 aliphatic heterocycles. The van der Waals surface area contributed by atoms with Crippen molar-refractivity contribution >= 4 is 5.91 Å². The normalized spacial score (nSPS) is 15.4. The smallest absolute Gasteiger partial charge is 0.242 e. The molecule has 1 heterocycles. The Hall–Kier alpha value is -2.28. The van der Waals surface area contributed by atoms with Gasteiger partial charge in [-0.1, -0.05) is 19.1 Å². The second-order valence-corrected chi connectivity index (χ2v) is 5.25. The molecule has 1 aromatic carbocycles. The third-order valence-corrected chi connectivity index (χ3v) is 3.68. The van der Waals surface area contributed by atoms with Crippen LogP contribution in [0.4, 0.5) is 0 Å². The average molecular weight is 288 g/mol. The van der Waals surface area contributed by atoms with Crippen molar-refractivity contribution in [1.29, 1.82) is 0 Å². The number of carbonyl (C=O) groups excluding carboxylic acids is 1. The van der Waals surface area contributed by atoms with Gasteiger partial charge < -0.3 is 5.73 Å². The molecule has 7 heteroatoms. The van der Waals surface area contributed by atoms with Crippen LogP contribution in [0.15, 0.2) is 30.6 Å². The third kappa shape index (κ3) is 3.08. The van der Waals surface area contributed by atoms with Gasteiger partial charge in [0.05, 0.1) is 5.69 Å². The number of tetrazole rings is 1. The lowest BCUT2D eigenvalue weighted by molar-refractivity contribution is -0.124. The van der Waals surface area contributed by atoms with E-state index in [1.54, 1.807) is 6.92 Å². The molecule has 2 atom stereocenters. The van der Waals surface area contributed by atoms with Crippen LogP contribution in [-0.4, -0.2) is 32.2 Å². The van der Waals surface area contributed by atoms with Gasteiger partial charge in [-0.05, 0) is 48.4 Å². The molecule has 0 saturated carbocycles. The first-order chi connectivity index (χ1) is 9.97. The Morgan fingerprint density at radius 2 is 2.29 bits per heavy atom. The fourth-order valence-corrected chi connectivity index (χ4v) is 2.13. The molecule has 2 unspecified atom stereocenters. The molecule has 0 fully saturated rings. The highest BCUT2D eigenvalue weighted by molar-refractivity contribution is 5.86. The topological polar surface area (TPSA) is 98.7 Å². The summed E-state index contributed by atoms with van der Waals surface area (Å²) in [7, 11) is 0. The first-order valence-corrected chi connectivity index (χ1v) is 6.89. The van der Waals surface area contributed by atoms with E-state index in [1.807, 2.05) is 31.2 Å². The summed E-state index contributed by atoms with van der Waals surface area (Å²) in [5.74, 6) is -0.420. The van der Waals surface area contributed by atoms with Crippen LogP contribution in [0, 0.1) is 0 Å². The molecule has 2 aromatic rings. The van der Waals surface area contributed by atoms with Gasteiger partial charge in [-0.3, -0.25) is 10.1 Å². The minimum absolute atomic E-state index is 0.166. The molecule has 0 saturated heterocycles. The largest absolute Gasteiger partial charge is 0.368 e. The van der Waals surface area contributed by atoms with Crippen molar-refractivity contribution in [2.75, 3.05) is 0 Å². The lowest BCUT2D eigenvalue weighted by atomic mass is 9.89. The highest BCUT2D eigenvalue weighted by atomic mass is 16.1. The maximum Gasteiger partial charge on any atom is 0.242 e. The van der Waals surface area contributed by atoms with Crippen molar-refractivity contribution in [3.8, 4) is 5.69 Å². The van der Waals surface area contributed by atoms with Crippen LogP contribution in [0.25, 0.3) is 5.69 Å². The summed E-state index contributed by atoms with van der Waals surface area (Å²) >= 11 is 0. The van der Waals surface area contributed by atoms with Crippen molar-refractivity contribution in [2.24, 2.45) is 5.73 Å². The maximum atomic E-state index is 12.0. The number of hydrogen-bond donors (Lipinski definition) is 2. The molecule has 7 nitrogen and oxygen atoms in total. The van der Waals surface area contributed by atoms with Crippen molar-refractivity contribution < 1.29 is 4.79 Å². The lowest BCUT2D eigenvalue weighted by Gasteiger charge is -2.31. The Morgan fingerprint density at radius 1 is 1.52 bits per heavy atom. The molecule has 3 N–H and O–H groups in total. The van der Waals surface area contributed by atoms with Gasteiger partial charge in [0, 0.05) is 6.04 Å². The zero-order valence-electron chi connectivity index (χ0n) is 12.4. The number of rotatable bonds is 6. The van der Waals surface area contributed by atoms with Crippen molar-refractivity contribution in [3.63, 3.8) is 0 Å². The van der Waals surface area contributed by atoms with Crippen molar-refractivity contribution in [3.05, 3.63) is 36.2 Å². The van der Waals surface area contributed by atoms with Crippen LogP contribution < -0.4 is 11.1 Å². The molecule has 21 heavy (non-hydrogen) atoms. The predicted octanol–water partition coefficient (Wildman–Crippen LogP) is 0.751. The van der Waals surface area contributed by atoms with Crippen LogP contribution in [0.5, 0.6) is 0 Å². The lowest BCUT2D eigenvalue weighted by Crippen LogP contribution is -2.53. The third-order valence-electron chi connectivity index (χ3n) is 3.68.